The van der Waals surface area contributed by atoms with E-state index in [0.717, 1.165) is 57.8 Å². The van der Waals surface area contributed by atoms with Gasteiger partial charge in [0.2, 0.25) is 0 Å². The minimum absolute atomic E-state index is 0.0724. The maximum atomic E-state index is 12.9. The molecular weight excluding hydrogens is 829 g/mol. The average Bonchev–Trinajstić information content (AvgIpc) is 3.33. The molecule has 0 radical (unpaired) electrons. The Morgan fingerprint density at radius 3 is 0.821 bits per heavy atom. The minimum atomic E-state index is -0.773. The second kappa shape index (κ2) is 56.0. The molecule has 0 saturated carbocycles. The molecule has 1 atom stereocenters. The third-order valence-electron chi connectivity index (χ3n) is 12.9. The van der Waals surface area contributed by atoms with Crippen LogP contribution in [0.1, 0.15) is 303 Å². The third-order valence-corrected chi connectivity index (χ3v) is 12.9. The van der Waals surface area contributed by atoms with Crippen molar-refractivity contribution in [1.29, 1.82) is 0 Å². The van der Waals surface area contributed by atoms with Crippen LogP contribution in [-0.2, 0) is 28.6 Å². The van der Waals surface area contributed by atoms with E-state index in [2.05, 4.69) is 69.4 Å². The quantitative estimate of drug-likeness (QED) is 0.0262. The van der Waals surface area contributed by atoms with E-state index in [1.807, 2.05) is 0 Å². The van der Waals surface area contributed by atoms with Gasteiger partial charge in [-0.2, -0.15) is 0 Å². The van der Waals surface area contributed by atoms with Crippen molar-refractivity contribution in [3.8, 4) is 0 Å². The lowest BCUT2D eigenvalue weighted by Gasteiger charge is -2.18. The van der Waals surface area contributed by atoms with Gasteiger partial charge >= 0.3 is 17.9 Å². The van der Waals surface area contributed by atoms with Crippen LogP contribution in [-0.4, -0.2) is 37.2 Å². The van der Waals surface area contributed by atoms with E-state index in [1.54, 1.807) is 0 Å². The second-order valence-corrected chi connectivity index (χ2v) is 19.6. The maximum Gasteiger partial charge on any atom is 0.306 e. The van der Waals surface area contributed by atoms with Gasteiger partial charge in [-0.05, 0) is 70.6 Å². The van der Waals surface area contributed by atoms with E-state index in [0.29, 0.717) is 19.3 Å². The van der Waals surface area contributed by atoms with Crippen molar-refractivity contribution in [3.05, 3.63) is 48.6 Å². The Balaban J connectivity index is 4.31. The zero-order chi connectivity index (χ0) is 48.6. The topological polar surface area (TPSA) is 78.9 Å². The van der Waals surface area contributed by atoms with Crippen molar-refractivity contribution < 1.29 is 28.6 Å². The minimum Gasteiger partial charge on any atom is -0.462 e. The summed E-state index contributed by atoms with van der Waals surface area (Å²) in [6, 6.07) is 0. The molecule has 0 aromatic heterocycles. The molecule has 0 aliphatic rings. The molecular formula is C61H110O6. The first-order chi connectivity index (χ1) is 33.0. The highest BCUT2D eigenvalue weighted by Gasteiger charge is 2.19. The summed E-state index contributed by atoms with van der Waals surface area (Å²) in [4.78, 5) is 38.1. The molecule has 390 valence electrons. The Kier molecular flexibility index (Phi) is 53.8. The fourth-order valence-electron chi connectivity index (χ4n) is 8.43. The highest BCUT2D eigenvalue weighted by Crippen LogP contribution is 2.16. The van der Waals surface area contributed by atoms with Crippen LogP contribution in [0.25, 0.3) is 0 Å². The van der Waals surface area contributed by atoms with Gasteiger partial charge in [0.05, 0.1) is 0 Å². The Morgan fingerprint density at radius 1 is 0.299 bits per heavy atom. The van der Waals surface area contributed by atoms with Gasteiger partial charge in [-0.25, -0.2) is 0 Å². The molecule has 67 heavy (non-hydrogen) atoms. The number of hydrogen-bond donors (Lipinski definition) is 0. The summed E-state index contributed by atoms with van der Waals surface area (Å²) in [5, 5.41) is 0. The van der Waals surface area contributed by atoms with E-state index in [-0.39, 0.29) is 31.1 Å². The molecule has 0 N–H and O–H groups in total. The van der Waals surface area contributed by atoms with Gasteiger partial charge in [0.15, 0.2) is 6.10 Å². The monoisotopic (exact) mass is 939 g/mol. The lowest BCUT2D eigenvalue weighted by atomic mass is 10.1. The Morgan fingerprint density at radius 2 is 0.522 bits per heavy atom. The number of rotatable bonds is 53. The van der Waals surface area contributed by atoms with Crippen LogP contribution in [0, 0.1) is 0 Å². The van der Waals surface area contributed by atoms with Gasteiger partial charge in [-0.15, -0.1) is 0 Å². The number of esters is 3. The summed E-state index contributed by atoms with van der Waals surface area (Å²) in [6.07, 6.45) is 68.1. The van der Waals surface area contributed by atoms with E-state index < -0.39 is 6.10 Å². The Labute approximate surface area is 416 Å². The van der Waals surface area contributed by atoms with E-state index in [4.69, 9.17) is 14.2 Å². The normalized spacial score (nSPS) is 12.3. The van der Waals surface area contributed by atoms with Crippen molar-refractivity contribution in [2.24, 2.45) is 0 Å². The maximum absolute atomic E-state index is 12.9. The first-order valence-electron chi connectivity index (χ1n) is 29.2. The number of unbranched alkanes of at least 4 members (excludes halogenated alkanes) is 36. The smallest absolute Gasteiger partial charge is 0.306 e. The molecule has 0 spiro atoms. The molecule has 0 aromatic carbocycles. The summed E-state index contributed by atoms with van der Waals surface area (Å²) < 4.78 is 16.9. The van der Waals surface area contributed by atoms with E-state index >= 15 is 0 Å². The van der Waals surface area contributed by atoms with Gasteiger partial charge in [0.25, 0.3) is 0 Å². The third kappa shape index (κ3) is 54.2. The molecule has 0 fully saturated rings. The van der Waals surface area contributed by atoms with Crippen LogP contribution in [0.4, 0.5) is 0 Å². The first-order valence-corrected chi connectivity index (χ1v) is 29.2. The summed E-state index contributed by atoms with van der Waals surface area (Å²) in [5.41, 5.74) is 0. The number of hydrogen-bond acceptors (Lipinski definition) is 6. The second-order valence-electron chi connectivity index (χ2n) is 19.6. The van der Waals surface area contributed by atoms with Crippen LogP contribution in [0.15, 0.2) is 48.6 Å². The zero-order valence-corrected chi connectivity index (χ0v) is 44.7. The van der Waals surface area contributed by atoms with Crippen LogP contribution in [0.5, 0.6) is 0 Å². The molecule has 1 unspecified atom stereocenters. The summed E-state index contributed by atoms with van der Waals surface area (Å²) in [7, 11) is 0. The number of carbonyl (C=O) groups excluding carboxylic acids is 3. The number of carbonyl (C=O) groups is 3. The largest absolute Gasteiger partial charge is 0.462 e. The van der Waals surface area contributed by atoms with Gasteiger partial charge in [0.1, 0.15) is 13.2 Å². The molecule has 6 nitrogen and oxygen atoms in total. The van der Waals surface area contributed by atoms with E-state index in [1.165, 1.54) is 205 Å². The number of allylic oxidation sites excluding steroid dienone is 8. The molecule has 0 bridgehead atoms. The van der Waals surface area contributed by atoms with Crippen LogP contribution in [0.2, 0.25) is 0 Å². The fraction of sp³-hybridized carbons (Fsp3) is 0.820. The lowest BCUT2D eigenvalue weighted by Crippen LogP contribution is -2.30. The van der Waals surface area contributed by atoms with Crippen molar-refractivity contribution in [1.82, 2.24) is 0 Å². The average molecular weight is 940 g/mol. The molecule has 0 aromatic rings. The summed E-state index contributed by atoms with van der Waals surface area (Å²) >= 11 is 0. The predicted octanol–water partition coefficient (Wildman–Crippen LogP) is 19.4. The Hall–Kier alpha value is -2.63. The summed E-state index contributed by atoms with van der Waals surface area (Å²) in [5.74, 6) is -0.866. The Bertz CT molecular complexity index is 1170. The molecule has 0 rings (SSSR count). The van der Waals surface area contributed by atoms with Crippen molar-refractivity contribution in [2.45, 2.75) is 309 Å². The molecule has 6 heteroatoms. The number of ether oxygens (including phenoxy) is 3. The van der Waals surface area contributed by atoms with Crippen molar-refractivity contribution >= 4 is 17.9 Å². The van der Waals surface area contributed by atoms with Crippen LogP contribution in [0.3, 0.4) is 0 Å². The zero-order valence-electron chi connectivity index (χ0n) is 44.7. The van der Waals surface area contributed by atoms with Gasteiger partial charge in [-0.1, -0.05) is 262 Å². The van der Waals surface area contributed by atoms with Crippen LogP contribution >= 0.6 is 0 Å². The molecule has 0 heterocycles. The highest BCUT2D eigenvalue weighted by molar-refractivity contribution is 5.71. The van der Waals surface area contributed by atoms with Gasteiger partial charge < -0.3 is 14.2 Å². The SMILES string of the molecule is CCCCC/C=C\C=C/CCCCCCCCCCCCC(=O)OCC(COC(=O)CCCCCCCCCCCCC)OC(=O)CCCCCCCCCCCC/C=C\C=C/CCCCC. The van der Waals surface area contributed by atoms with Gasteiger partial charge in [0, 0.05) is 19.3 Å². The van der Waals surface area contributed by atoms with Gasteiger partial charge in [-0.3, -0.25) is 14.4 Å². The van der Waals surface area contributed by atoms with E-state index in [9.17, 15) is 14.4 Å². The lowest BCUT2D eigenvalue weighted by molar-refractivity contribution is -0.167. The van der Waals surface area contributed by atoms with Crippen LogP contribution < -0.4 is 0 Å². The van der Waals surface area contributed by atoms with Crippen molar-refractivity contribution in [2.75, 3.05) is 13.2 Å². The predicted molar refractivity (Wildman–Crippen MR) is 289 cm³/mol. The standard InChI is InChI=1S/C61H110O6/c1-4-7-10-13-16-19-22-24-26-28-30-32-34-36-39-42-45-48-51-54-60(63)66-57-58(56-65-59(62)53-50-47-44-41-38-21-18-15-12-9-6-3)67-61(64)55-52-49-46-43-40-37-35-33-31-29-27-25-23-20-17-14-11-8-5-2/h16-17,19-20,22-25,58H,4-15,18,21,26-57H2,1-3H3/b19-16-,20-17-,24-22-,25-23-. The first kappa shape index (κ1) is 64.4. The molecule has 0 amide bonds. The fourth-order valence-corrected chi connectivity index (χ4v) is 8.43. The molecule has 0 aliphatic carbocycles. The molecule has 0 saturated heterocycles. The molecule has 0 aliphatic heterocycles. The highest BCUT2D eigenvalue weighted by atomic mass is 16.6. The van der Waals surface area contributed by atoms with Crippen molar-refractivity contribution in [3.63, 3.8) is 0 Å². The summed E-state index contributed by atoms with van der Waals surface area (Å²) in [6.45, 7) is 6.61.